The number of nitrogens with one attached hydrogen (secondary N) is 2. The molecule has 24 heavy (non-hydrogen) atoms. The Bertz CT molecular complexity index is 798. The molecular weight excluding hydrogens is 310 g/mol. The van der Waals surface area contributed by atoms with E-state index >= 15 is 0 Å². The van der Waals surface area contributed by atoms with Crippen molar-refractivity contribution in [2.75, 3.05) is 17.2 Å². The van der Waals surface area contributed by atoms with Gasteiger partial charge in [0, 0.05) is 18.5 Å². The van der Waals surface area contributed by atoms with Crippen molar-refractivity contribution in [3.63, 3.8) is 0 Å². The van der Waals surface area contributed by atoms with Gasteiger partial charge in [0.15, 0.2) is 5.82 Å². The summed E-state index contributed by atoms with van der Waals surface area (Å²) in [6, 6.07) is 8.43. The Morgan fingerprint density at radius 3 is 2.96 bits per heavy atom. The highest BCUT2D eigenvalue weighted by atomic mass is 16.5. The quantitative estimate of drug-likeness (QED) is 0.726. The van der Waals surface area contributed by atoms with Gasteiger partial charge < -0.3 is 19.1 Å². The van der Waals surface area contributed by atoms with Crippen LogP contribution in [-0.2, 0) is 6.54 Å². The van der Waals surface area contributed by atoms with Gasteiger partial charge in [-0.05, 0) is 19.1 Å². The number of hydrogen-bond acceptors (Lipinski definition) is 5. The van der Waals surface area contributed by atoms with E-state index in [9.17, 15) is 4.79 Å². The lowest BCUT2D eigenvalue weighted by Crippen LogP contribution is -2.20. The maximum absolute atomic E-state index is 12.0. The van der Waals surface area contributed by atoms with Crippen molar-refractivity contribution in [3.05, 3.63) is 54.8 Å². The maximum atomic E-state index is 12.0. The van der Waals surface area contributed by atoms with Crippen LogP contribution in [0.2, 0.25) is 0 Å². The fraction of sp³-hybridized carbons (Fsp3) is 0.188. The average Bonchev–Trinajstić information content (AvgIpc) is 3.21. The average molecular weight is 327 g/mol. The van der Waals surface area contributed by atoms with E-state index in [0.29, 0.717) is 36.2 Å². The van der Waals surface area contributed by atoms with Gasteiger partial charge in [-0.15, -0.1) is 0 Å². The van der Waals surface area contributed by atoms with E-state index in [1.54, 1.807) is 37.6 Å². The standard InChI is InChI=1S/C16H17N5O3/c1-12-10-15(20-24-12)19-16(22)18-13-4-2-3-5-14(13)23-9-8-21-7-6-17-11-21/h2-7,10-11H,8-9H2,1H3,(H2,18,19,20,22). The zero-order valence-corrected chi connectivity index (χ0v) is 13.1. The summed E-state index contributed by atoms with van der Waals surface area (Å²) in [6.45, 7) is 2.87. The Morgan fingerprint density at radius 1 is 1.33 bits per heavy atom. The van der Waals surface area contributed by atoms with Crippen LogP contribution >= 0.6 is 0 Å². The molecular formula is C16H17N5O3. The highest BCUT2D eigenvalue weighted by Crippen LogP contribution is 2.24. The number of amides is 2. The molecule has 124 valence electrons. The van der Waals surface area contributed by atoms with Crippen molar-refractivity contribution in [3.8, 4) is 5.75 Å². The lowest BCUT2D eigenvalue weighted by Gasteiger charge is -2.12. The summed E-state index contributed by atoms with van der Waals surface area (Å²) in [5.74, 6) is 1.56. The number of ether oxygens (including phenoxy) is 1. The molecule has 8 heteroatoms. The first kappa shape index (κ1) is 15.6. The van der Waals surface area contributed by atoms with E-state index in [1.165, 1.54) is 0 Å². The summed E-state index contributed by atoms with van der Waals surface area (Å²) in [5, 5.41) is 9.04. The minimum atomic E-state index is -0.422. The van der Waals surface area contributed by atoms with E-state index in [1.807, 2.05) is 22.9 Å². The van der Waals surface area contributed by atoms with Crippen LogP contribution in [-0.4, -0.2) is 27.3 Å². The Labute approximate surface area is 138 Å². The number of rotatable bonds is 6. The van der Waals surface area contributed by atoms with Crippen LogP contribution in [0.25, 0.3) is 0 Å². The summed E-state index contributed by atoms with van der Waals surface area (Å²) in [4.78, 5) is 16.0. The van der Waals surface area contributed by atoms with E-state index in [0.717, 1.165) is 0 Å². The van der Waals surface area contributed by atoms with Crippen molar-refractivity contribution in [2.24, 2.45) is 0 Å². The van der Waals surface area contributed by atoms with Crippen molar-refractivity contribution in [2.45, 2.75) is 13.5 Å². The Morgan fingerprint density at radius 2 is 2.21 bits per heavy atom. The zero-order valence-electron chi connectivity index (χ0n) is 13.1. The molecule has 0 saturated heterocycles. The van der Waals surface area contributed by atoms with Crippen LogP contribution in [0.1, 0.15) is 5.76 Å². The Balaban J connectivity index is 1.57. The number of nitrogens with zero attached hydrogens (tertiary/aromatic N) is 3. The lowest BCUT2D eigenvalue weighted by atomic mass is 10.3. The SMILES string of the molecule is Cc1cc(NC(=O)Nc2ccccc2OCCn2ccnc2)no1. The van der Waals surface area contributed by atoms with Gasteiger partial charge in [0.25, 0.3) is 0 Å². The predicted molar refractivity (Wildman–Crippen MR) is 88.0 cm³/mol. The topological polar surface area (TPSA) is 94.2 Å². The van der Waals surface area contributed by atoms with Crippen molar-refractivity contribution >= 4 is 17.5 Å². The second-order valence-corrected chi connectivity index (χ2v) is 5.05. The zero-order chi connectivity index (χ0) is 16.8. The summed E-state index contributed by atoms with van der Waals surface area (Å²) in [7, 11) is 0. The largest absolute Gasteiger partial charge is 0.490 e. The van der Waals surface area contributed by atoms with Gasteiger partial charge in [-0.25, -0.2) is 9.78 Å². The molecule has 2 amide bonds. The third kappa shape index (κ3) is 4.13. The highest BCUT2D eigenvalue weighted by molar-refractivity contribution is 6.00. The number of para-hydroxylation sites is 2. The van der Waals surface area contributed by atoms with Crippen LogP contribution in [0.3, 0.4) is 0 Å². The maximum Gasteiger partial charge on any atom is 0.325 e. The number of carbonyl (C=O) groups is 1. The predicted octanol–water partition coefficient (Wildman–Crippen LogP) is 2.90. The van der Waals surface area contributed by atoms with Gasteiger partial charge in [-0.2, -0.15) is 0 Å². The number of hydrogen-bond donors (Lipinski definition) is 2. The number of carbonyl (C=O) groups excluding carboxylic acids is 1. The van der Waals surface area contributed by atoms with E-state index < -0.39 is 6.03 Å². The minimum absolute atomic E-state index is 0.350. The van der Waals surface area contributed by atoms with Crippen molar-refractivity contribution in [1.29, 1.82) is 0 Å². The molecule has 0 radical (unpaired) electrons. The first-order valence-corrected chi connectivity index (χ1v) is 7.39. The molecule has 0 aliphatic carbocycles. The van der Waals surface area contributed by atoms with E-state index in [2.05, 4.69) is 20.8 Å². The molecule has 3 rings (SSSR count). The molecule has 0 aliphatic rings. The number of urea groups is 1. The molecule has 2 aromatic heterocycles. The van der Waals surface area contributed by atoms with Crippen LogP contribution in [0.4, 0.5) is 16.3 Å². The number of imidazole rings is 1. The molecule has 3 aromatic rings. The number of anilines is 2. The van der Waals surface area contributed by atoms with Gasteiger partial charge >= 0.3 is 6.03 Å². The van der Waals surface area contributed by atoms with Gasteiger partial charge in [0.05, 0.1) is 18.6 Å². The van der Waals surface area contributed by atoms with Gasteiger partial charge in [-0.3, -0.25) is 5.32 Å². The molecule has 0 fully saturated rings. The fourth-order valence-corrected chi connectivity index (χ4v) is 2.07. The highest BCUT2D eigenvalue weighted by Gasteiger charge is 2.09. The smallest absolute Gasteiger partial charge is 0.325 e. The second kappa shape index (κ2) is 7.32. The fourth-order valence-electron chi connectivity index (χ4n) is 2.07. The molecule has 2 heterocycles. The summed E-state index contributed by atoms with van der Waals surface area (Å²) in [6.07, 6.45) is 5.30. The van der Waals surface area contributed by atoms with Gasteiger partial charge in [0.2, 0.25) is 0 Å². The normalized spacial score (nSPS) is 10.4. The molecule has 2 N–H and O–H groups in total. The van der Waals surface area contributed by atoms with Crippen LogP contribution in [0, 0.1) is 6.92 Å². The summed E-state index contributed by atoms with van der Waals surface area (Å²) in [5.41, 5.74) is 0.570. The van der Waals surface area contributed by atoms with Crippen molar-refractivity contribution in [1.82, 2.24) is 14.7 Å². The molecule has 0 unspecified atom stereocenters. The van der Waals surface area contributed by atoms with Crippen LogP contribution in [0.15, 0.2) is 53.6 Å². The molecule has 0 aliphatic heterocycles. The van der Waals surface area contributed by atoms with Gasteiger partial charge in [-0.1, -0.05) is 17.3 Å². The van der Waals surface area contributed by atoms with E-state index in [4.69, 9.17) is 9.26 Å². The van der Waals surface area contributed by atoms with Crippen LogP contribution < -0.4 is 15.4 Å². The third-order valence-corrected chi connectivity index (χ3v) is 3.17. The molecule has 0 bridgehead atoms. The first-order chi connectivity index (χ1) is 11.7. The van der Waals surface area contributed by atoms with Crippen LogP contribution in [0.5, 0.6) is 5.75 Å². The monoisotopic (exact) mass is 327 g/mol. The Hall–Kier alpha value is -3.29. The number of aromatic nitrogens is 3. The van der Waals surface area contributed by atoms with Crippen molar-refractivity contribution < 1.29 is 14.1 Å². The van der Waals surface area contributed by atoms with E-state index in [-0.39, 0.29) is 0 Å². The summed E-state index contributed by atoms with van der Waals surface area (Å²) >= 11 is 0. The molecule has 0 saturated carbocycles. The molecule has 0 atom stereocenters. The second-order valence-electron chi connectivity index (χ2n) is 5.05. The number of aryl methyl sites for hydroxylation is 1. The minimum Gasteiger partial charge on any atom is -0.490 e. The first-order valence-electron chi connectivity index (χ1n) is 7.39. The molecule has 1 aromatic carbocycles. The summed E-state index contributed by atoms with van der Waals surface area (Å²) < 4.78 is 12.6. The molecule has 0 spiro atoms. The lowest BCUT2D eigenvalue weighted by molar-refractivity contribution is 0.261. The Kier molecular flexibility index (Phi) is 4.76. The number of benzene rings is 1. The molecule has 8 nitrogen and oxygen atoms in total. The van der Waals surface area contributed by atoms with Gasteiger partial charge in [0.1, 0.15) is 18.1 Å². The third-order valence-electron chi connectivity index (χ3n) is 3.17.